The zero-order chi connectivity index (χ0) is 23.4. The minimum Gasteiger partial charge on any atom is -0.497 e. The lowest BCUT2D eigenvalue weighted by molar-refractivity contribution is 0.308. The van der Waals surface area contributed by atoms with Gasteiger partial charge >= 0.3 is 0 Å². The van der Waals surface area contributed by atoms with Crippen LogP contribution in [0.4, 0.5) is 5.95 Å². The van der Waals surface area contributed by atoms with Crippen LogP contribution >= 0.6 is 0 Å². The van der Waals surface area contributed by atoms with E-state index in [2.05, 4.69) is 28.1 Å². The highest BCUT2D eigenvalue weighted by molar-refractivity contribution is 5.67. The molecule has 0 bridgehead atoms. The van der Waals surface area contributed by atoms with Crippen molar-refractivity contribution in [2.24, 2.45) is 0 Å². The summed E-state index contributed by atoms with van der Waals surface area (Å²) in [5.41, 5.74) is 4.40. The molecule has 7 heteroatoms. The Hall–Kier alpha value is -3.32. The molecule has 174 valence electrons. The van der Waals surface area contributed by atoms with Gasteiger partial charge in [-0.15, -0.1) is 0 Å². The summed E-state index contributed by atoms with van der Waals surface area (Å²) in [7, 11) is 8.99. The van der Waals surface area contributed by atoms with E-state index in [0.717, 1.165) is 71.6 Å². The van der Waals surface area contributed by atoms with E-state index in [-0.39, 0.29) is 0 Å². The predicted molar refractivity (Wildman–Crippen MR) is 131 cm³/mol. The zero-order valence-corrected chi connectivity index (χ0v) is 20.0. The smallest absolute Gasteiger partial charge is 0.225 e. The average molecular weight is 449 g/mol. The summed E-state index contributed by atoms with van der Waals surface area (Å²) in [5, 5.41) is 0. The number of nitrogens with zero attached hydrogens (tertiary/aromatic N) is 4. The molecular weight excluding hydrogens is 416 g/mol. The normalized spacial score (nSPS) is 16.0. The lowest BCUT2D eigenvalue weighted by Crippen LogP contribution is -2.21. The van der Waals surface area contributed by atoms with Crippen molar-refractivity contribution < 1.29 is 14.2 Å². The third-order valence-corrected chi connectivity index (χ3v) is 6.14. The zero-order valence-electron chi connectivity index (χ0n) is 20.0. The van der Waals surface area contributed by atoms with E-state index in [1.54, 1.807) is 21.3 Å². The summed E-state index contributed by atoms with van der Waals surface area (Å²) in [6, 6.07) is 14.2. The number of likely N-dealkylation sites (tertiary alicyclic amines) is 1. The van der Waals surface area contributed by atoms with E-state index >= 15 is 0 Å². The van der Waals surface area contributed by atoms with Crippen molar-refractivity contribution in [2.45, 2.75) is 18.9 Å². The fourth-order valence-corrected chi connectivity index (χ4v) is 4.42. The van der Waals surface area contributed by atoms with Gasteiger partial charge in [-0.1, -0.05) is 24.3 Å². The molecule has 3 aromatic rings. The van der Waals surface area contributed by atoms with E-state index in [1.807, 2.05) is 49.5 Å². The van der Waals surface area contributed by atoms with Crippen LogP contribution in [-0.2, 0) is 6.54 Å². The van der Waals surface area contributed by atoms with Gasteiger partial charge in [-0.05, 0) is 36.7 Å². The molecule has 1 aliphatic heterocycles. The first-order chi connectivity index (χ1) is 16.0. The lowest BCUT2D eigenvalue weighted by atomic mass is 9.96. The van der Waals surface area contributed by atoms with E-state index in [4.69, 9.17) is 19.2 Å². The van der Waals surface area contributed by atoms with Crippen LogP contribution in [0, 0.1) is 0 Å². The van der Waals surface area contributed by atoms with Gasteiger partial charge in [-0.25, -0.2) is 9.97 Å². The molecule has 7 nitrogen and oxygen atoms in total. The monoisotopic (exact) mass is 448 g/mol. The number of aromatic nitrogens is 2. The Balaban J connectivity index is 1.61. The second kappa shape index (κ2) is 10.1. The first kappa shape index (κ1) is 22.9. The maximum absolute atomic E-state index is 5.64. The van der Waals surface area contributed by atoms with Crippen molar-refractivity contribution >= 4 is 5.95 Å². The quantitative estimate of drug-likeness (QED) is 0.511. The topological polar surface area (TPSA) is 60.0 Å². The molecule has 0 aliphatic carbocycles. The fourth-order valence-electron chi connectivity index (χ4n) is 4.42. The SMILES string of the molecule is COc1ccc(-c2cnc(N(C)C)nc2C2CCN(Cc3cccc(OC)c3OC)C2)cc1. The summed E-state index contributed by atoms with van der Waals surface area (Å²) in [6.45, 7) is 2.72. The number of rotatable bonds is 8. The highest BCUT2D eigenvalue weighted by Crippen LogP contribution is 2.37. The summed E-state index contributed by atoms with van der Waals surface area (Å²) >= 11 is 0. The molecule has 4 rings (SSSR count). The number of hydrogen-bond acceptors (Lipinski definition) is 7. The molecule has 0 amide bonds. The van der Waals surface area contributed by atoms with Gasteiger partial charge in [0.2, 0.25) is 5.95 Å². The van der Waals surface area contributed by atoms with Crippen LogP contribution in [-0.4, -0.2) is 63.4 Å². The molecule has 1 aliphatic rings. The van der Waals surface area contributed by atoms with Crippen LogP contribution in [0.2, 0.25) is 0 Å². The molecule has 1 atom stereocenters. The molecule has 0 spiro atoms. The van der Waals surface area contributed by atoms with Gasteiger partial charge in [0.15, 0.2) is 11.5 Å². The van der Waals surface area contributed by atoms with E-state index in [1.165, 1.54) is 0 Å². The molecule has 0 N–H and O–H groups in total. The maximum atomic E-state index is 5.64. The molecule has 33 heavy (non-hydrogen) atoms. The molecule has 2 aromatic carbocycles. The maximum Gasteiger partial charge on any atom is 0.225 e. The summed E-state index contributed by atoms with van der Waals surface area (Å²) < 4.78 is 16.4. The van der Waals surface area contributed by atoms with Gasteiger partial charge < -0.3 is 19.1 Å². The Kier molecular flexibility index (Phi) is 6.99. The van der Waals surface area contributed by atoms with Crippen molar-refractivity contribution in [1.29, 1.82) is 0 Å². The van der Waals surface area contributed by atoms with Gasteiger partial charge in [0.1, 0.15) is 5.75 Å². The highest BCUT2D eigenvalue weighted by Gasteiger charge is 2.29. The standard InChI is InChI=1S/C26H32N4O3/c1-29(2)26-27-15-22(18-9-11-21(31-3)12-10-18)24(28-26)19-13-14-30(16-19)17-20-7-6-8-23(32-4)25(20)33-5/h6-12,15,19H,13-14,16-17H2,1-5H3. The van der Waals surface area contributed by atoms with Crippen LogP contribution in [0.3, 0.4) is 0 Å². The molecule has 1 fully saturated rings. The molecular formula is C26H32N4O3. The molecule has 1 unspecified atom stereocenters. The highest BCUT2D eigenvalue weighted by atomic mass is 16.5. The van der Waals surface area contributed by atoms with Gasteiger partial charge in [-0.2, -0.15) is 0 Å². The Bertz CT molecular complexity index is 1090. The third-order valence-electron chi connectivity index (χ3n) is 6.14. The Labute approximate surface area is 195 Å². The van der Waals surface area contributed by atoms with E-state index in [9.17, 15) is 0 Å². The van der Waals surface area contributed by atoms with Crippen molar-refractivity contribution in [3.63, 3.8) is 0 Å². The van der Waals surface area contributed by atoms with Gasteiger partial charge in [-0.3, -0.25) is 4.90 Å². The van der Waals surface area contributed by atoms with E-state index in [0.29, 0.717) is 5.92 Å². The van der Waals surface area contributed by atoms with Crippen LogP contribution in [0.15, 0.2) is 48.7 Å². The summed E-state index contributed by atoms with van der Waals surface area (Å²) in [6.07, 6.45) is 2.99. The Morgan fingerprint density at radius 3 is 2.45 bits per heavy atom. The van der Waals surface area contributed by atoms with E-state index < -0.39 is 0 Å². The van der Waals surface area contributed by atoms with Crippen molar-refractivity contribution in [3.05, 3.63) is 59.9 Å². The lowest BCUT2D eigenvalue weighted by Gasteiger charge is -2.21. The first-order valence-corrected chi connectivity index (χ1v) is 11.1. The number of para-hydroxylation sites is 1. The number of methoxy groups -OCH3 is 3. The van der Waals surface area contributed by atoms with Crippen molar-refractivity contribution in [3.8, 4) is 28.4 Å². The second-order valence-corrected chi connectivity index (χ2v) is 8.47. The fraction of sp³-hybridized carbons (Fsp3) is 0.385. The second-order valence-electron chi connectivity index (χ2n) is 8.47. The molecule has 1 saturated heterocycles. The number of benzene rings is 2. The largest absolute Gasteiger partial charge is 0.497 e. The minimum absolute atomic E-state index is 0.320. The average Bonchev–Trinajstić information content (AvgIpc) is 3.31. The van der Waals surface area contributed by atoms with Gasteiger partial charge in [0, 0.05) is 50.4 Å². The Morgan fingerprint density at radius 1 is 1.00 bits per heavy atom. The number of ether oxygens (including phenoxy) is 3. The molecule has 1 aromatic heterocycles. The summed E-state index contributed by atoms with van der Waals surface area (Å²) in [5.74, 6) is 3.46. The molecule has 0 saturated carbocycles. The molecule has 0 radical (unpaired) electrons. The van der Waals surface area contributed by atoms with Crippen LogP contribution in [0.5, 0.6) is 17.2 Å². The third kappa shape index (κ3) is 4.88. The van der Waals surface area contributed by atoms with Crippen molar-refractivity contribution in [2.75, 3.05) is 53.4 Å². The number of hydrogen-bond donors (Lipinski definition) is 0. The first-order valence-electron chi connectivity index (χ1n) is 11.1. The van der Waals surface area contributed by atoms with Gasteiger partial charge in [0.05, 0.1) is 27.0 Å². The van der Waals surface area contributed by atoms with Crippen LogP contribution < -0.4 is 19.1 Å². The van der Waals surface area contributed by atoms with Crippen LogP contribution in [0.25, 0.3) is 11.1 Å². The van der Waals surface area contributed by atoms with Crippen molar-refractivity contribution in [1.82, 2.24) is 14.9 Å². The number of anilines is 1. The molecule has 2 heterocycles. The van der Waals surface area contributed by atoms with Gasteiger partial charge in [0.25, 0.3) is 0 Å². The Morgan fingerprint density at radius 2 is 1.79 bits per heavy atom. The minimum atomic E-state index is 0.320. The van der Waals surface area contributed by atoms with Crippen LogP contribution in [0.1, 0.15) is 23.6 Å². The predicted octanol–water partition coefficient (Wildman–Crippen LogP) is 4.22. The summed E-state index contributed by atoms with van der Waals surface area (Å²) in [4.78, 5) is 14.0.